The molecule has 1 aliphatic rings. The van der Waals surface area contributed by atoms with Gasteiger partial charge in [-0.15, -0.1) is 0 Å². The summed E-state index contributed by atoms with van der Waals surface area (Å²) in [7, 11) is -3.88. The summed E-state index contributed by atoms with van der Waals surface area (Å²) in [6.45, 7) is 0.643. The van der Waals surface area contributed by atoms with Crippen LogP contribution in [0.3, 0.4) is 0 Å². The highest BCUT2D eigenvalue weighted by molar-refractivity contribution is 7.89. The Morgan fingerprint density at radius 1 is 1.00 bits per heavy atom. The number of amides is 1. The predicted molar refractivity (Wildman–Crippen MR) is 111 cm³/mol. The Morgan fingerprint density at radius 3 is 2.27 bits per heavy atom. The monoisotopic (exact) mass is 466 g/mol. The normalized spacial score (nSPS) is 15.3. The molecule has 1 fully saturated rings. The Bertz CT molecular complexity index is 1160. The maximum Gasteiger partial charge on any atom is 0.276 e. The fourth-order valence-electron chi connectivity index (χ4n) is 3.18. The molecular formula is C19H16Cl2N4O4S. The van der Waals surface area contributed by atoms with E-state index in [1.165, 1.54) is 21.3 Å². The minimum atomic E-state index is -3.88. The molecule has 3 heterocycles. The molecule has 1 amide bonds. The lowest BCUT2D eigenvalue weighted by Gasteiger charge is -2.33. The van der Waals surface area contributed by atoms with Gasteiger partial charge >= 0.3 is 0 Å². The maximum atomic E-state index is 13.0. The molecule has 0 unspecified atom stereocenters. The number of rotatable bonds is 4. The molecule has 1 aromatic carbocycles. The summed E-state index contributed by atoms with van der Waals surface area (Å²) in [5.74, 6) is 0.127. The van der Waals surface area contributed by atoms with E-state index >= 15 is 0 Å². The summed E-state index contributed by atoms with van der Waals surface area (Å²) in [4.78, 5) is 18.1. The Kier molecular flexibility index (Phi) is 5.79. The molecule has 11 heteroatoms. The number of aromatic nitrogens is 2. The van der Waals surface area contributed by atoms with Crippen molar-refractivity contribution >= 4 is 39.1 Å². The highest BCUT2D eigenvalue weighted by Gasteiger charge is 2.33. The second-order valence-corrected chi connectivity index (χ2v) is 9.25. The first kappa shape index (κ1) is 20.8. The SMILES string of the molecule is O=C(c1cc(-c2ccncc2)on1)N1CCN(S(=O)(=O)c2c(Cl)cccc2Cl)CC1. The highest BCUT2D eigenvalue weighted by atomic mass is 35.5. The zero-order chi connectivity index (χ0) is 21.3. The van der Waals surface area contributed by atoms with Crippen LogP contribution in [0.2, 0.25) is 10.0 Å². The molecule has 1 saturated heterocycles. The number of hydrogen-bond donors (Lipinski definition) is 0. The number of pyridine rings is 1. The number of carbonyl (C=O) groups excluding carboxylic acids is 1. The smallest absolute Gasteiger partial charge is 0.276 e. The molecule has 4 rings (SSSR count). The van der Waals surface area contributed by atoms with Crippen molar-refractivity contribution in [2.24, 2.45) is 0 Å². The van der Waals surface area contributed by atoms with Crippen molar-refractivity contribution in [3.8, 4) is 11.3 Å². The van der Waals surface area contributed by atoms with E-state index in [4.69, 9.17) is 27.7 Å². The van der Waals surface area contributed by atoms with Crippen LogP contribution in [0.4, 0.5) is 0 Å². The fraction of sp³-hybridized carbons (Fsp3) is 0.211. The molecule has 0 bridgehead atoms. The van der Waals surface area contributed by atoms with E-state index in [9.17, 15) is 13.2 Å². The largest absolute Gasteiger partial charge is 0.355 e. The second-order valence-electron chi connectivity index (χ2n) is 6.56. The van der Waals surface area contributed by atoms with E-state index in [0.29, 0.717) is 5.76 Å². The quantitative estimate of drug-likeness (QED) is 0.585. The summed E-state index contributed by atoms with van der Waals surface area (Å²) in [5.41, 5.74) is 0.913. The Balaban J connectivity index is 1.46. The van der Waals surface area contributed by atoms with Gasteiger partial charge in [0.2, 0.25) is 10.0 Å². The summed E-state index contributed by atoms with van der Waals surface area (Å²) in [5, 5.41) is 3.98. The average Bonchev–Trinajstić information content (AvgIpc) is 3.24. The van der Waals surface area contributed by atoms with E-state index < -0.39 is 10.0 Å². The second kappa shape index (κ2) is 8.35. The molecule has 0 aliphatic carbocycles. The molecule has 0 spiro atoms. The van der Waals surface area contributed by atoms with E-state index in [1.807, 2.05) is 0 Å². The molecular weight excluding hydrogens is 451 g/mol. The summed E-state index contributed by atoms with van der Waals surface area (Å²) in [6.07, 6.45) is 3.23. The van der Waals surface area contributed by atoms with Gasteiger partial charge in [-0.3, -0.25) is 9.78 Å². The first-order valence-corrected chi connectivity index (χ1v) is 11.2. The van der Waals surface area contributed by atoms with Gasteiger partial charge in [0, 0.05) is 50.2 Å². The first-order chi connectivity index (χ1) is 14.4. The van der Waals surface area contributed by atoms with Gasteiger partial charge in [0.1, 0.15) is 4.90 Å². The van der Waals surface area contributed by atoms with Gasteiger partial charge in [0.25, 0.3) is 5.91 Å². The standard InChI is InChI=1S/C19H16Cl2N4O4S/c20-14-2-1-3-15(21)18(14)30(27,28)25-10-8-24(9-11-25)19(26)16-12-17(29-23-16)13-4-6-22-7-5-13/h1-7,12H,8-11H2. The molecule has 2 aromatic heterocycles. The Labute approximate surface area is 183 Å². The average molecular weight is 467 g/mol. The number of carbonyl (C=O) groups is 1. The van der Waals surface area contributed by atoms with Crippen molar-refractivity contribution in [2.75, 3.05) is 26.2 Å². The van der Waals surface area contributed by atoms with E-state index in [1.54, 1.807) is 36.7 Å². The van der Waals surface area contributed by atoms with Crippen molar-refractivity contribution in [1.29, 1.82) is 0 Å². The lowest BCUT2D eigenvalue weighted by molar-refractivity contribution is 0.0687. The number of halogens is 2. The third kappa shape index (κ3) is 3.93. The van der Waals surface area contributed by atoms with Crippen molar-refractivity contribution in [3.63, 3.8) is 0 Å². The highest BCUT2D eigenvalue weighted by Crippen LogP contribution is 2.32. The lowest BCUT2D eigenvalue weighted by atomic mass is 10.2. The van der Waals surface area contributed by atoms with Gasteiger partial charge in [0.15, 0.2) is 11.5 Å². The van der Waals surface area contributed by atoms with Gasteiger partial charge in [-0.25, -0.2) is 8.42 Å². The van der Waals surface area contributed by atoms with Crippen LogP contribution in [-0.4, -0.2) is 59.8 Å². The minimum Gasteiger partial charge on any atom is -0.355 e. The topological polar surface area (TPSA) is 96.6 Å². The van der Waals surface area contributed by atoms with Crippen LogP contribution in [0.15, 0.2) is 58.2 Å². The van der Waals surface area contributed by atoms with Crippen LogP contribution < -0.4 is 0 Å². The molecule has 0 atom stereocenters. The summed E-state index contributed by atoms with van der Waals surface area (Å²) < 4.78 is 32.4. The zero-order valence-electron chi connectivity index (χ0n) is 15.5. The molecule has 0 saturated carbocycles. The Morgan fingerprint density at radius 2 is 1.63 bits per heavy atom. The molecule has 8 nitrogen and oxygen atoms in total. The minimum absolute atomic E-state index is 0.0623. The van der Waals surface area contributed by atoms with Crippen LogP contribution in [0.5, 0.6) is 0 Å². The van der Waals surface area contributed by atoms with Crippen LogP contribution >= 0.6 is 23.2 Å². The number of piperazine rings is 1. The van der Waals surface area contributed by atoms with Gasteiger partial charge in [0.05, 0.1) is 10.0 Å². The third-order valence-electron chi connectivity index (χ3n) is 4.74. The first-order valence-electron chi connectivity index (χ1n) is 8.98. The van der Waals surface area contributed by atoms with E-state index in [-0.39, 0.29) is 52.7 Å². The summed E-state index contributed by atoms with van der Waals surface area (Å²) in [6, 6.07) is 9.59. The van der Waals surface area contributed by atoms with Crippen LogP contribution in [0.25, 0.3) is 11.3 Å². The lowest BCUT2D eigenvalue weighted by Crippen LogP contribution is -2.50. The number of hydrogen-bond acceptors (Lipinski definition) is 6. The predicted octanol–water partition coefficient (Wildman–Crippen LogP) is 3.19. The third-order valence-corrected chi connectivity index (χ3v) is 7.59. The molecule has 156 valence electrons. The van der Waals surface area contributed by atoms with Gasteiger partial charge in [-0.2, -0.15) is 4.31 Å². The molecule has 3 aromatic rings. The van der Waals surface area contributed by atoms with Crippen LogP contribution in [-0.2, 0) is 10.0 Å². The van der Waals surface area contributed by atoms with Crippen molar-refractivity contribution in [1.82, 2.24) is 19.3 Å². The number of benzene rings is 1. The van der Waals surface area contributed by atoms with Gasteiger partial charge in [-0.05, 0) is 24.3 Å². The molecule has 30 heavy (non-hydrogen) atoms. The summed E-state index contributed by atoms with van der Waals surface area (Å²) >= 11 is 12.1. The maximum absolute atomic E-state index is 13.0. The van der Waals surface area contributed by atoms with Crippen molar-refractivity contribution < 1.29 is 17.7 Å². The molecule has 1 aliphatic heterocycles. The van der Waals surface area contributed by atoms with Crippen LogP contribution in [0, 0.1) is 0 Å². The number of nitrogens with zero attached hydrogens (tertiary/aromatic N) is 4. The Hall–Kier alpha value is -2.46. The van der Waals surface area contributed by atoms with E-state index in [2.05, 4.69) is 10.1 Å². The van der Waals surface area contributed by atoms with Gasteiger partial charge in [-0.1, -0.05) is 34.4 Å². The molecule has 0 N–H and O–H groups in total. The van der Waals surface area contributed by atoms with Crippen molar-refractivity contribution in [2.45, 2.75) is 4.90 Å². The van der Waals surface area contributed by atoms with E-state index in [0.717, 1.165) is 5.56 Å². The fourth-order valence-corrected chi connectivity index (χ4v) is 5.69. The van der Waals surface area contributed by atoms with Crippen LogP contribution in [0.1, 0.15) is 10.5 Å². The number of sulfonamides is 1. The van der Waals surface area contributed by atoms with Crippen molar-refractivity contribution in [3.05, 3.63) is 64.5 Å². The molecule has 0 radical (unpaired) electrons. The van der Waals surface area contributed by atoms with Gasteiger partial charge < -0.3 is 9.42 Å². The zero-order valence-corrected chi connectivity index (χ0v) is 17.9.